The first-order valence-electron chi connectivity index (χ1n) is 8.09. The number of nitrogens with zero attached hydrogens (tertiary/aromatic N) is 1. The Hall–Kier alpha value is -2.73. The van der Waals surface area contributed by atoms with Gasteiger partial charge in [0.15, 0.2) is 5.13 Å². The summed E-state index contributed by atoms with van der Waals surface area (Å²) in [6, 6.07) is 13.6. The number of aryl methyl sites for hydroxylation is 1. The highest BCUT2D eigenvalue weighted by Crippen LogP contribution is 2.27. The van der Waals surface area contributed by atoms with Gasteiger partial charge in [-0.05, 0) is 41.8 Å². The molecule has 1 heterocycles. The van der Waals surface area contributed by atoms with Crippen molar-refractivity contribution in [2.45, 2.75) is 26.7 Å². The highest BCUT2D eigenvalue weighted by atomic mass is 32.1. The summed E-state index contributed by atoms with van der Waals surface area (Å²) in [6.45, 7) is 3.55. The fourth-order valence-corrected chi connectivity index (χ4v) is 3.47. The summed E-state index contributed by atoms with van der Waals surface area (Å²) >= 11 is 1.40. The number of rotatable bonds is 5. The lowest BCUT2D eigenvalue weighted by Crippen LogP contribution is -2.14. The number of carbonyl (C=O) groups is 2. The Morgan fingerprint density at radius 1 is 1.04 bits per heavy atom. The summed E-state index contributed by atoms with van der Waals surface area (Å²) in [5, 5.41) is 6.17. The molecule has 128 valence electrons. The number of nitrogens with one attached hydrogen (secondary N) is 2. The molecular formula is C19H19N3O2S. The summed E-state index contributed by atoms with van der Waals surface area (Å²) in [5.74, 6) is -0.206. The zero-order valence-corrected chi connectivity index (χ0v) is 14.9. The molecule has 5 nitrogen and oxygen atoms in total. The first kappa shape index (κ1) is 17.1. The van der Waals surface area contributed by atoms with Gasteiger partial charge in [-0.25, -0.2) is 4.98 Å². The number of aromatic nitrogens is 1. The van der Waals surface area contributed by atoms with Crippen molar-refractivity contribution < 1.29 is 9.59 Å². The zero-order chi connectivity index (χ0) is 17.8. The van der Waals surface area contributed by atoms with Crippen LogP contribution >= 0.6 is 11.3 Å². The van der Waals surface area contributed by atoms with Crippen LogP contribution in [-0.4, -0.2) is 16.8 Å². The molecule has 0 unspecified atom stereocenters. The molecule has 0 atom stereocenters. The Kier molecular flexibility index (Phi) is 5.09. The van der Waals surface area contributed by atoms with Crippen LogP contribution in [0.3, 0.4) is 0 Å². The van der Waals surface area contributed by atoms with E-state index in [1.807, 2.05) is 42.5 Å². The molecule has 0 radical (unpaired) electrons. The molecule has 2 aromatic carbocycles. The first-order chi connectivity index (χ1) is 12.0. The van der Waals surface area contributed by atoms with Gasteiger partial charge < -0.3 is 10.6 Å². The molecule has 0 spiro atoms. The monoisotopic (exact) mass is 353 g/mol. The molecule has 0 saturated heterocycles. The molecule has 1 aromatic heterocycles. The smallest absolute Gasteiger partial charge is 0.228 e. The summed E-state index contributed by atoms with van der Waals surface area (Å²) in [5.41, 5.74) is 3.76. The van der Waals surface area contributed by atoms with E-state index in [0.29, 0.717) is 11.6 Å². The molecule has 0 fully saturated rings. The minimum atomic E-state index is -0.146. The second kappa shape index (κ2) is 7.44. The fraction of sp³-hybridized carbons (Fsp3) is 0.211. The number of fused-ring (bicyclic) bond motifs is 1. The highest BCUT2D eigenvalue weighted by Gasteiger charge is 2.09. The molecule has 3 rings (SSSR count). The van der Waals surface area contributed by atoms with Crippen molar-refractivity contribution in [3.63, 3.8) is 0 Å². The van der Waals surface area contributed by atoms with E-state index >= 15 is 0 Å². The lowest BCUT2D eigenvalue weighted by Gasteiger charge is -2.06. The minimum absolute atomic E-state index is 0.0600. The summed E-state index contributed by atoms with van der Waals surface area (Å²) in [7, 11) is 0. The van der Waals surface area contributed by atoms with E-state index in [9.17, 15) is 9.59 Å². The number of thiazole rings is 1. The summed E-state index contributed by atoms with van der Waals surface area (Å²) in [4.78, 5) is 27.7. The normalized spacial score (nSPS) is 10.6. The van der Waals surface area contributed by atoms with Crippen LogP contribution in [0.15, 0.2) is 42.5 Å². The molecule has 2 N–H and O–H groups in total. The van der Waals surface area contributed by atoms with Gasteiger partial charge in [0.25, 0.3) is 0 Å². The van der Waals surface area contributed by atoms with Crippen LogP contribution in [0.2, 0.25) is 0 Å². The van der Waals surface area contributed by atoms with Crippen molar-refractivity contribution in [1.82, 2.24) is 4.98 Å². The van der Waals surface area contributed by atoms with Gasteiger partial charge in [0, 0.05) is 12.6 Å². The van der Waals surface area contributed by atoms with Crippen molar-refractivity contribution >= 4 is 44.2 Å². The van der Waals surface area contributed by atoms with Gasteiger partial charge in [0.1, 0.15) is 0 Å². The fourth-order valence-electron chi connectivity index (χ4n) is 2.50. The van der Waals surface area contributed by atoms with Crippen molar-refractivity contribution in [2.75, 3.05) is 10.6 Å². The van der Waals surface area contributed by atoms with Crippen LogP contribution in [0.5, 0.6) is 0 Å². The number of amides is 2. The third kappa shape index (κ3) is 4.42. The quantitative estimate of drug-likeness (QED) is 0.728. The number of hydrogen-bond acceptors (Lipinski definition) is 4. The van der Waals surface area contributed by atoms with Crippen LogP contribution < -0.4 is 10.6 Å². The van der Waals surface area contributed by atoms with Crippen molar-refractivity contribution in [1.29, 1.82) is 0 Å². The standard InChI is InChI=1S/C19H19N3O2S/c1-3-13-4-7-15(8-5-13)21-18(24)11-14-6-9-16-17(10-14)25-19(22-16)20-12(2)23/h4-10H,3,11H2,1-2H3,(H,21,24)(H,20,22,23). The van der Waals surface area contributed by atoms with Crippen molar-refractivity contribution in [3.8, 4) is 0 Å². The van der Waals surface area contributed by atoms with E-state index in [1.54, 1.807) is 0 Å². The molecule has 0 saturated carbocycles. The molecule has 25 heavy (non-hydrogen) atoms. The molecule has 3 aromatic rings. The van der Waals surface area contributed by atoms with E-state index in [1.165, 1.54) is 23.8 Å². The Bertz CT molecular complexity index is 916. The van der Waals surface area contributed by atoms with Crippen LogP contribution in [0, 0.1) is 0 Å². The second-order valence-electron chi connectivity index (χ2n) is 5.78. The Labute approximate surface area is 150 Å². The number of benzene rings is 2. The van der Waals surface area contributed by atoms with Gasteiger partial charge in [-0.1, -0.05) is 36.5 Å². The van der Waals surface area contributed by atoms with E-state index < -0.39 is 0 Å². The molecule has 0 aliphatic rings. The topological polar surface area (TPSA) is 71.1 Å². The van der Waals surface area contributed by atoms with Gasteiger partial charge in [-0.3, -0.25) is 9.59 Å². The number of anilines is 2. The number of hydrogen-bond donors (Lipinski definition) is 2. The van der Waals surface area contributed by atoms with E-state index in [0.717, 1.165) is 27.9 Å². The third-order valence-corrected chi connectivity index (χ3v) is 4.68. The molecule has 0 bridgehead atoms. The van der Waals surface area contributed by atoms with E-state index in [2.05, 4.69) is 22.5 Å². The molecular weight excluding hydrogens is 334 g/mol. The maximum absolute atomic E-state index is 12.2. The van der Waals surface area contributed by atoms with Crippen molar-refractivity contribution in [2.24, 2.45) is 0 Å². The Balaban J connectivity index is 1.68. The highest BCUT2D eigenvalue weighted by molar-refractivity contribution is 7.22. The van der Waals surface area contributed by atoms with Crippen LogP contribution in [0.4, 0.5) is 10.8 Å². The lowest BCUT2D eigenvalue weighted by molar-refractivity contribution is -0.116. The van der Waals surface area contributed by atoms with Gasteiger partial charge in [-0.2, -0.15) is 0 Å². The molecule has 2 amide bonds. The average molecular weight is 353 g/mol. The second-order valence-corrected chi connectivity index (χ2v) is 6.81. The Morgan fingerprint density at radius 2 is 1.76 bits per heavy atom. The van der Waals surface area contributed by atoms with Gasteiger partial charge in [-0.15, -0.1) is 0 Å². The molecule has 0 aliphatic carbocycles. The van der Waals surface area contributed by atoms with Gasteiger partial charge in [0.05, 0.1) is 16.6 Å². The van der Waals surface area contributed by atoms with Crippen molar-refractivity contribution in [3.05, 3.63) is 53.6 Å². The maximum atomic E-state index is 12.2. The zero-order valence-electron chi connectivity index (χ0n) is 14.1. The van der Waals surface area contributed by atoms with Crippen LogP contribution in [-0.2, 0) is 22.4 Å². The lowest BCUT2D eigenvalue weighted by atomic mass is 10.1. The molecule has 6 heteroatoms. The predicted octanol–water partition coefficient (Wildman–Crippen LogP) is 4.00. The van der Waals surface area contributed by atoms with Crippen LogP contribution in [0.25, 0.3) is 10.2 Å². The SMILES string of the molecule is CCc1ccc(NC(=O)Cc2ccc3nc(NC(C)=O)sc3c2)cc1. The minimum Gasteiger partial charge on any atom is -0.326 e. The molecule has 0 aliphatic heterocycles. The largest absolute Gasteiger partial charge is 0.326 e. The maximum Gasteiger partial charge on any atom is 0.228 e. The van der Waals surface area contributed by atoms with Gasteiger partial charge in [0.2, 0.25) is 11.8 Å². The van der Waals surface area contributed by atoms with E-state index in [4.69, 9.17) is 0 Å². The Morgan fingerprint density at radius 3 is 2.44 bits per heavy atom. The summed E-state index contributed by atoms with van der Waals surface area (Å²) in [6.07, 6.45) is 1.27. The first-order valence-corrected chi connectivity index (χ1v) is 8.91. The average Bonchev–Trinajstić information content (AvgIpc) is 2.96. The third-order valence-electron chi connectivity index (χ3n) is 3.75. The predicted molar refractivity (Wildman–Crippen MR) is 102 cm³/mol. The number of carbonyl (C=O) groups excluding carboxylic acids is 2. The van der Waals surface area contributed by atoms with Gasteiger partial charge >= 0.3 is 0 Å². The summed E-state index contributed by atoms with van der Waals surface area (Å²) < 4.78 is 0.946. The van der Waals surface area contributed by atoms with Crippen LogP contribution in [0.1, 0.15) is 25.0 Å². The van der Waals surface area contributed by atoms with E-state index in [-0.39, 0.29) is 11.8 Å².